The molecule has 0 radical (unpaired) electrons. The van der Waals surface area contributed by atoms with Crippen molar-refractivity contribution in [3.63, 3.8) is 0 Å². The van der Waals surface area contributed by atoms with Gasteiger partial charge in [0.2, 0.25) is 0 Å². The van der Waals surface area contributed by atoms with Crippen molar-refractivity contribution in [1.29, 1.82) is 0 Å². The Labute approximate surface area is 204 Å². The summed E-state index contributed by atoms with van der Waals surface area (Å²) in [6, 6.07) is 2.36. The molecule has 0 bridgehead atoms. The average molecular weight is 475 g/mol. The molecule has 4 N–H and O–H groups in total. The quantitative estimate of drug-likeness (QED) is 0.355. The van der Waals surface area contributed by atoms with E-state index in [9.17, 15) is 8.78 Å². The predicted octanol–water partition coefficient (Wildman–Crippen LogP) is 5.87. The topological polar surface area (TPSA) is 48.1 Å². The SMILES string of the molecule is CC1CC(F)(F)CN1.CC1CCC1.CC1CCCCN1.CC1CCCCN1.CC1CCCN1. The first-order valence-corrected chi connectivity index (χ1v) is 14.0. The van der Waals surface area contributed by atoms with Gasteiger partial charge in [0.1, 0.15) is 0 Å². The summed E-state index contributed by atoms with van der Waals surface area (Å²) in [7, 11) is 0. The summed E-state index contributed by atoms with van der Waals surface area (Å²) in [5.41, 5.74) is 0. The molecule has 4 nitrogen and oxygen atoms in total. The summed E-state index contributed by atoms with van der Waals surface area (Å²) >= 11 is 0. The maximum Gasteiger partial charge on any atom is 0.261 e. The van der Waals surface area contributed by atoms with Crippen LogP contribution in [0.25, 0.3) is 0 Å². The molecule has 5 rings (SSSR count). The maximum absolute atomic E-state index is 12.1. The Morgan fingerprint density at radius 3 is 1.06 bits per heavy atom. The highest BCUT2D eigenvalue weighted by Gasteiger charge is 2.36. The molecule has 4 unspecified atom stereocenters. The van der Waals surface area contributed by atoms with E-state index in [0.29, 0.717) is 0 Å². The Morgan fingerprint density at radius 2 is 0.939 bits per heavy atom. The van der Waals surface area contributed by atoms with Crippen LogP contribution in [-0.2, 0) is 0 Å². The van der Waals surface area contributed by atoms with Crippen LogP contribution in [0.4, 0.5) is 8.78 Å². The zero-order valence-corrected chi connectivity index (χ0v) is 22.5. The third-order valence-electron chi connectivity index (χ3n) is 7.13. The molecule has 4 aliphatic heterocycles. The van der Waals surface area contributed by atoms with Gasteiger partial charge in [-0.05, 0) is 91.8 Å². The largest absolute Gasteiger partial charge is 0.314 e. The van der Waals surface area contributed by atoms with Crippen molar-refractivity contribution in [3.8, 4) is 0 Å². The monoisotopic (exact) mass is 474 g/mol. The van der Waals surface area contributed by atoms with Gasteiger partial charge in [0.05, 0.1) is 6.54 Å². The highest BCUT2D eigenvalue weighted by atomic mass is 19.3. The van der Waals surface area contributed by atoms with E-state index in [-0.39, 0.29) is 19.0 Å². The van der Waals surface area contributed by atoms with Crippen LogP contribution in [0.2, 0.25) is 0 Å². The molecule has 0 aromatic rings. The molecule has 0 aromatic carbocycles. The Bertz CT molecular complexity index is 425. The first-order valence-electron chi connectivity index (χ1n) is 14.0. The molecule has 0 amide bonds. The molecule has 4 atom stereocenters. The molecule has 33 heavy (non-hydrogen) atoms. The van der Waals surface area contributed by atoms with Crippen LogP contribution in [0.15, 0.2) is 0 Å². The lowest BCUT2D eigenvalue weighted by atomic mass is 9.88. The fraction of sp³-hybridized carbons (Fsp3) is 1.00. The normalized spacial score (nSPS) is 32.8. The Hall–Kier alpha value is -0.300. The number of rotatable bonds is 0. The third kappa shape index (κ3) is 17.7. The van der Waals surface area contributed by atoms with Crippen LogP contribution in [0, 0.1) is 5.92 Å². The van der Waals surface area contributed by atoms with Crippen molar-refractivity contribution in [2.75, 3.05) is 26.2 Å². The number of hydrogen-bond acceptors (Lipinski definition) is 4. The molecule has 4 heterocycles. The Morgan fingerprint density at radius 1 is 0.515 bits per heavy atom. The van der Waals surface area contributed by atoms with Crippen LogP contribution in [0.3, 0.4) is 0 Å². The molecule has 198 valence electrons. The Balaban J connectivity index is 0.000000208. The number of hydrogen-bond donors (Lipinski definition) is 4. The summed E-state index contributed by atoms with van der Waals surface area (Å²) in [5.74, 6) is -1.38. The minimum atomic E-state index is -2.45. The minimum Gasteiger partial charge on any atom is -0.314 e. The maximum atomic E-state index is 12.1. The summed E-state index contributed by atoms with van der Waals surface area (Å²) in [5, 5.41) is 12.7. The Kier molecular flexibility index (Phi) is 16.8. The van der Waals surface area contributed by atoms with Gasteiger partial charge in [-0.15, -0.1) is 0 Å². The van der Waals surface area contributed by atoms with Crippen molar-refractivity contribution in [2.45, 2.75) is 142 Å². The van der Waals surface area contributed by atoms with E-state index in [1.54, 1.807) is 6.92 Å². The van der Waals surface area contributed by atoms with Crippen LogP contribution in [0.1, 0.15) is 112 Å². The van der Waals surface area contributed by atoms with E-state index in [1.165, 1.54) is 90.3 Å². The van der Waals surface area contributed by atoms with Gasteiger partial charge in [0.15, 0.2) is 0 Å². The third-order valence-corrected chi connectivity index (χ3v) is 7.13. The molecule has 1 aliphatic carbocycles. The minimum absolute atomic E-state index is 0.00694. The van der Waals surface area contributed by atoms with Gasteiger partial charge < -0.3 is 21.3 Å². The van der Waals surface area contributed by atoms with Crippen LogP contribution < -0.4 is 21.3 Å². The second kappa shape index (κ2) is 18.0. The van der Waals surface area contributed by atoms with Gasteiger partial charge in [0, 0.05) is 30.6 Å². The lowest BCUT2D eigenvalue weighted by Gasteiger charge is -2.18. The highest BCUT2D eigenvalue weighted by molar-refractivity contribution is 4.83. The summed E-state index contributed by atoms with van der Waals surface area (Å²) in [6.45, 7) is 14.4. The lowest BCUT2D eigenvalue weighted by molar-refractivity contribution is 0.0216. The van der Waals surface area contributed by atoms with E-state index >= 15 is 0 Å². The average Bonchev–Trinajstić information content (AvgIpc) is 3.37. The predicted molar refractivity (Wildman–Crippen MR) is 139 cm³/mol. The van der Waals surface area contributed by atoms with Crippen LogP contribution >= 0.6 is 0 Å². The van der Waals surface area contributed by atoms with Crippen molar-refractivity contribution < 1.29 is 8.78 Å². The van der Waals surface area contributed by atoms with E-state index in [0.717, 1.165) is 24.0 Å². The molecule has 5 aliphatic rings. The van der Waals surface area contributed by atoms with E-state index < -0.39 is 5.92 Å². The molecule has 5 fully saturated rings. The van der Waals surface area contributed by atoms with Crippen molar-refractivity contribution >= 4 is 0 Å². The first kappa shape index (κ1) is 30.7. The van der Waals surface area contributed by atoms with Gasteiger partial charge in [-0.25, -0.2) is 8.78 Å². The molecular weight excluding hydrogens is 418 g/mol. The van der Waals surface area contributed by atoms with Crippen molar-refractivity contribution in [2.24, 2.45) is 5.92 Å². The molecule has 6 heteroatoms. The van der Waals surface area contributed by atoms with Gasteiger partial charge in [0.25, 0.3) is 5.92 Å². The van der Waals surface area contributed by atoms with Gasteiger partial charge in [-0.3, -0.25) is 0 Å². The lowest BCUT2D eigenvalue weighted by Crippen LogP contribution is -2.30. The standard InChI is InChI=1S/2C6H13N.C5H9F2N.C5H11N.C5H10/c2*1-6-4-2-3-5-7-6;1-4-2-5(6,7)3-8-4;1-5-3-2-4-6-5;1-5-3-2-4-5/h2*6-7H,2-5H2,1H3;4,8H,2-3H2,1H3;5-6H,2-4H2,1H3;5H,2-4H2,1H3. The van der Waals surface area contributed by atoms with E-state index in [2.05, 4.69) is 49.0 Å². The zero-order valence-electron chi connectivity index (χ0n) is 22.5. The smallest absolute Gasteiger partial charge is 0.261 e. The van der Waals surface area contributed by atoms with E-state index in [4.69, 9.17) is 0 Å². The van der Waals surface area contributed by atoms with Gasteiger partial charge in [-0.2, -0.15) is 0 Å². The van der Waals surface area contributed by atoms with Crippen molar-refractivity contribution in [1.82, 2.24) is 21.3 Å². The summed E-state index contributed by atoms with van der Waals surface area (Å²) in [6.07, 6.45) is 15.6. The van der Waals surface area contributed by atoms with Crippen LogP contribution in [-0.4, -0.2) is 56.3 Å². The zero-order chi connectivity index (χ0) is 24.5. The van der Waals surface area contributed by atoms with Crippen LogP contribution in [0.5, 0.6) is 0 Å². The number of nitrogens with one attached hydrogen (secondary N) is 4. The van der Waals surface area contributed by atoms with E-state index in [1.807, 2.05) is 0 Å². The number of alkyl halides is 2. The first-order chi connectivity index (χ1) is 15.7. The van der Waals surface area contributed by atoms with Gasteiger partial charge in [-0.1, -0.05) is 39.0 Å². The molecule has 4 saturated heterocycles. The summed E-state index contributed by atoms with van der Waals surface area (Å²) in [4.78, 5) is 0. The molecule has 1 saturated carbocycles. The van der Waals surface area contributed by atoms with Gasteiger partial charge >= 0.3 is 0 Å². The second-order valence-corrected chi connectivity index (χ2v) is 11.1. The van der Waals surface area contributed by atoms with Crippen molar-refractivity contribution in [3.05, 3.63) is 0 Å². The number of halogens is 2. The summed E-state index contributed by atoms with van der Waals surface area (Å²) < 4.78 is 24.3. The fourth-order valence-corrected chi connectivity index (χ4v) is 4.44. The number of piperidine rings is 2. The fourth-order valence-electron chi connectivity index (χ4n) is 4.44. The molecule has 0 spiro atoms. The highest BCUT2D eigenvalue weighted by Crippen LogP contribution is 2.24. The second-order valence-electron chi connectivity index (χ2n) is 11.1. The molecular formula is C27H56F2N4. The molecule has 0 aromatic heterocycles.